The minimum atomic E-state index is -0.718. The van der Waals surface area contributed by atoms with E-state index in [0.717, 1.165) is 32.1 Å². The Morgan fingerprint density at radius 3 is 2.59 bits per heavy atom. The minimum Gasteiger partial charge on any atom is -0.446 e. The molecule has 1 N–H and O–H groups in total. The molecule has 1 unspecified atom stereocenters. The molecule has 2 aliphatic rings. The monoisotopic (exact) mass is 382 g/mol. The summed E-state index contributed by atoms with van der Waals surface area (Å²) < 4.78 is 10.6. The second kappa shape index (κ2) is 11.3. The van der Waals surface area contributed by atoms with E-state index in [2.05, 4.69) is 17.5 Å². The van der Waals surface area contributed by atoms with E-state index >= 15 is 0 Å². The Bertz CT molecular complexity index is 560. The van der Waals surface area contributed by atoms with Crippen molar-refractivity contribution in [3.05, 3.63) is 12.2 Å². The second-order valence-corrected chi connectivity index (χ2v) is 6.34. The molecule has 9 nitrogen and oxygen atoms in total. The van der Waals surface area contributed by atoms with Crippen molar-refractivity contribution in [3.8, 4) is 0 Å². The van der Waals surface area contributed by atoms with Gasteiger partial charge in [0.05, 0.1) is 19.6 Å². The van der Waals surface area contributed by atoms with Crippen LogP contribution >= 0.6 is 0 Å². The molecular weight excluding hydrogens is 356 g/mol. The maximum atomic E-state index is 11.8. The number of amides is 3. The van der Waals surface area contributed by atoms with Crippen molar-refractivity contribution in [1.82, 2.24) is 10.4 Å². The third-order valence-corrected chi connectivity index (χ3v) is 4.16. The fourth-order valence-electron chi connectivity index (χ4n) is 2.72. The lowest BCUT2D eigenvalue weighted by Gasteiger charge is -2.18. The third-order valence-electron chi connectivity index (χ3n) is 4.16. The molecular formula is C18H26N2O7. The summed E-state index contributed by atoms with van der Waals surface area (Å²) in [5, 5.41) is 3.11. The van der Waals surface area contributed by atoms with Crippen LogP contribution in [0.25, 0.3) is 0 Å². The van der Waals surface area contributed by atoms with Gasteiger partial charge in [0.15, 0.2) is 0 Å². The number of allylic oxidation sites excluding steroid dienone is 2. The fraction of sp³-hybridized carbons (Fsp3) is 0.667. The summed E-state index contributed by atoms with van der Waals surface area (Å²) in [7, 11) is 0. The summed E-state index contributed by atoms with van der Waals surface area (Å²) in [6.07, 6.45) is 8.35. The molecule has 0 aromatic rings. The Morgan fingerprint density at radius 1 is 1.07 bits per heavy atom. The highest BCUT2D eigenvalue weighted by Crippen LogP contribution is 2.15. The highest BCUT2D eigenvalue weighted by atomic mass is 16.7. The molecule has 0 bridgehead atoms. The zero-order valence-corrected chi connectivity index (χ0v) is 15.3. The van der Waals surface area contributed by atoms with E-state index < -0.39 is 23.9 Å². The fourth-order valence-corrected chi connectivity index (χ4v) is 2.72. The van der Waals surface area contributed by atoms with Gasteiger partial charge in [0.2, 0.25) is 0 Å². The molecule has 0 aromatic carbocycles. The van der Waals surface area contributed by atoms with Crippen LogP contribution in [0.3, 0.4) is 0 Å². The highest BCUT2D eigenvalue weighted by Gasteiger charge is 2.32. The molecule has 1 atom stereocenters. The summed E-state index contributed by atoms with van der Waals surface area (Å²) in [6, 6.07) is 0. The van der Waals surface area contributed by atoms with Gasteiger partial charge in [0.25, 0.3) is 11.8 Å². The van der Waals surface area contributed by atoms with Gasteiger partial charge in [-0.25, -0.2) is 9.59 Å². The lowest BCUT2D eigenvalue weighted by molar-refractivity contribution is -0.198. The summed E-state index contributed by atoms with van der Waals surface area (Å²) in [5.41, 5.74) is 0. The summed E-state index contributed by atoms with van der Waals surface area (Å²) in [5.74, 6) is -1.75. The summed E-state index contributed by atoms with van der Waals surface area (Å²) >= 11 is 0. The number of carbonyl (C=O) groups excluding carboxylic acids is 4. The van der Waals surface area contributed by atoms with E-state index in [1.165, 1.54) is 0 Å². The topological polar surface area (TPSA) is 111 Å². The number of nitrogens with one attached hydrogen (secondary N) is 1. The maximum absolute atomic E-state index is 11.8. The van der Waals surface area contributed by atoms with Crippen molar-refractivity contribution in [1.29, 1.82) is 0 Å². The van der Waals surface area contributed by atoms with Crippen LogP contribution in [0, 0.1) is 0 Å². The summed E-state index contributed by atoms with van der Waals surface area (Å²) in [4.78, 5) is 50.7. The Morgan fingerprint density at radius 2 is 1.81 bits per heavy atom. The Labute approximate surface area is 157 Å². The number of hydrogen-bond acceptors (Lipinski definition) is 7. The number of ether oxygens (including phenoxy) is 2. The van der Waals surface area contributed by atoms with Crippen molar-refractivity contribution in [2.75, 3.05) is 19.8 Å². The number of alkyl carbamates (subject to hydrolysis) is 1. The van der Waals surface area contributed by atoms with E-state index in [0.29, 0.717) is 5.06 Å². The molecule has 27 heavy (non-hydrogen) atoms. The number of carbonyl (C=O) groups is 4. The second-order valence-electron chi connectivity index (χ2n) is 6.34. The molecule has 150 valence electrons. The van der Waals surface area contributed by atoms with Gasteiger partial charge < -0.3 is 19.6 Å². The van der Waals surface area contributed by atoms with Crippen LogP contribution in [-0.2, 0) is 28.7 Å². The maximum Gasteiger partial charge on any atom is 0.407 e. The standard InChI is InChI=1S/C18H26N2O7/c21-15-8-9-16(22)20(15)27-17(23)10-12-25-13-11-19-18(24)26-14-6-4-2-1-3-5-7-14/h1-2,14H,3-13H2,(H,19,24)/b2-1+. The van der Waals surface area contributed by atoms with Crippen molar-refractivity contribution >= 4 is 23.9 Å². The first-order chi connectivity index (χ1) is 13.1. The lowest BCUT2D eigenvalue weighted by Crippen LogP contribution is -2.33. The molecule has 0 aromatic heterocycles. The number of hydrogen-bond donors (Lipinski definition) is 1. The molecule has 1 aliphatic carbocycles. The number of rotatable bonds is 8. The van der Waals surface area contributed by atoms with E-state index in [1.807, 2.05) is 0 Å². The molecule has 1 saturated heterocycles. The molecule has 9 heteroatoms. The van der Waals surface area contributed by atoms with E-state index in [4.69, 9.17) is 14.3 Å². The van der Waals surface area contributed by atoms with Crippen molar-refractivity contribution in [2.24, 2.45) is 0 Å². The van der Waals surface area contributed by atoms with Crippen LogP contribution in [0.15, 0.2) is 12.2 Å². The number of nitrogens with zero attached hydrogens (tertiary/aromatic N) is 1. The average Bonchev–Trinajstić information content (AvgIpc) is 2.92. The number of imide groups is 1. The van der Waals surface area contributed by atoms with Gasteiger partial charge in [-0.15, -0.1) is 5.06 Å². The van der Waals surface area contributed by atoms with Crippen LogP contribution in [0.1, 0.15) is 51.4 Å². The predicted molar refractivity (Wildman–Crippen MR) is 93.1 cm³/mol. The molecule has 0 radical (unpaired) electrons. The lowest BCUT2D eigenvalue weighted by atomic mass is 10.0. The molecule has 3 amide bonds. The van der Waals surface area contributed by atoms with E-state index in [9.17, 15) is 19.2 Å². The first-order valence-electron chi connectivity index (χ1n) is 9.30. The Balaban J connectivity index is 1.49. The number of hydroxylamine groups is 2. The van der Waals surface area contributed by atoms with Gasteiger partial charge >= 0.3 is 12.1 Å². The molecule has 1 heterocycles. The highest BCUT2D eigenvalue weighted by molar-refractivity contribution is 6.01. The molecule has 0 saturated carbocycles. The Hall–Kier alpha value is -2.42. The van der Waals surface area contributed by atoms with Gasteiger partial charge in [-0.2, -0.15) is 0 Å². The quantitative estimate of drug-likeness (QED) is 0.386. The normalized spacial score (nSPS) is 21.3. The van der Waals surface area contributed by atoms with Crippen LogP contribution < -0.4 is 5.32 Å². The van der Waals surface area contributed by atoms with Gasteiger partial charge in [-0.3, -0.25) is 9.59 Å². The molecule has 0 spiro atoms. The summed E-state index contributed by atoms with van der Waals surface area (Å²) in [6.45, 7) is 0.516. The van der Waals surface area contributed by atoms with Crippen LogP contribution in [0.5, 0.6) is 0 Å². The minimum absolute atomic E-state index is 0.0563. The average molecular weight is 382 g/mol. The van der Waals surface area contributed by atoms with Gasteiger partial charge in [-0.05, 0) is 32.1 Å². The third kappa shape index (κ3) is 7.78. The Kier molecular flexibility index (Phi) is 8.76. The molecule has 1 fully saturated rings. The molecule has 1 aliphatic heterocycles. The van der Waals surface area contributed by atoms with Crippen LogP contribution in [-0.4, -0.2) is 54.8 Å². The first kappa shape index (κ1) is 20.9. The van der Waals surface area contributed by atoms with Gasteiger partial charge in [-0.1, -0.05) is 12.2 Å². The predicted octanol–water partition coefficient (Wildman–Crippen LogP) is 1.62. The van der Waals surface area contributed by atoms with Gasteiger partial charge in [0, 0.05) is 19.4 Å². The first-order valence-corrected chi connectivity index (χ1v) is 9.30. The van der Waals surface area contributed by atoms with Crippen molar-refractivity contribution in [3.63, 3.8) is 0 Å². The zero-order valence-electron chi connectivity index (χ0n) is 15.3. The SMILES string of the molecule is O=C(CCOCCNC(=O)OC1CC/C=C/CCC1)ON1C(=O)CCC1=O. The molecule has 2 rings (SSSR count). The van der Waals surface area contributed by atoms with Crippen molar-refractivity contribution < 1.29 is 33.5 Å². The van der Waals surface area contributed by atoms with Crippen molar-refractivity contribution in [2.45, 2.75) is 57.5 Å². The van der Waals surface area contributed by atoms with E-state index in [-0.39, 0.29) is 45.1 Å². The van der Waals surface area contributed by atoms with Gasteiger partial charge in [0.1, 0.15) is 6.10 Å². The smallest absolute Gasteiger partial charge is 0.407 e. The van der Waals surface area contributed by atoms with E-state index in [1.54, 1.807) is 0 Å². The zero-order chi connectivity index (χ0) is 19.5. The largest absolute Gasteiger partial charge is 0.446 e. The van der Waals surface area contributed by atoms with Crippen LogP contribution in [0.2, 0.25) is 0 Å². The van der Waals surface area contributed by atoms with Crippen LogP contribution in [0.4, 0.5) is 4.79 Å².